The highest BCUT2D eigenvalue weighted by Gasteiger charge is 2.36. The molecule has 4 heteroatoms. The molecular formula is C18H18N2O2. The first kappa shape index (κ1) is 15.7. The van der Waals surface area contributed by atoms with E-state index < -0.39 is 5.41 Å². The lowest BCUT2D eigenvalue weighted by Gasteiger charge is -2.28. The molecule has 0 fully saturated rings. The van der Waals surface area contributed by atoms with Gasteiger partial charge in [-0.25, -0.2) is 5.84 Å². The van der Waals surface area contributed by atoms with Crippen LogP contribution in [0.15, 0.2) is 67.3 Å². The summed E-state index contributed by atoms with van der Waals surface area (Å²) in [6.07, 6.45) is 1.26. The first-order valence-electron chi connectivity index (χ1n) is 6.88. The third kappa shape index (κ3) is 2.69. The molecule has 0 spiro atoms. The summed E-state index contributed by atoms with van der Waals surface area (Å²) in [6, 6.07) is 16.3. The molecule has 1 unspecified atom stereocenters. The number of allylic oxidation sites excluding steroid dienone is 1. The molecule has 0 aliphatic carbocycles. The van der Waals surface area contributed by atoms with E-state index in [0.29, 0.717) is 5.56 Å². The Bertz CT molecular complexity index is 693. The lowest BCUT2D eigenvalue weighted by Crippen LogP contribution is -2.46. The predicted molar refractivity (Wildman–Crippen MR) is 86.2 cm³/mol. The Morgan fingerprint density at radius 2 is 1.59 bits per heavy atom. The van der Waals surface area contributed by atoms with E-state index in [1.165, 1.54) is 6.08 Å². The van der Waals surface area contributed by atoms with Gasteiger partial charge in [-0.1, -0.05) is 61.2 Å². The summed E-state index contributed by atoms with van der Waals surface area (Å²) >= 11 is 0. The van der Waals surface area contributed by atoms with Crippen LogP contribution >= 0.6 is 0 Å². The molecule has 0 aliphatic rings. The van der Waals surface area contributed by atoms with E-state index in [2.05, 4.69) is 12.0 Å². The normalized spacial score (nSPS) is 13.0. The number of carbonyl (C=O) groups excluding carboxylic acids is 2. The maximum absolute atomic E-state index is 12.4. The fraction of sp³-hybridized carbons (Fsp3) is 0.111. The smallest absolute Gasteiger partial charge is 0.248 e. The molecule has 22 heavy (non-hydrogen) atoms. The van der Waals surface area contributed by atoms with Crippen molar-refractivity contribution in [2.45, 2.75) is 12.3 Å². The fourth-order valence-corrected chi connectivity index (χ4v) is 2.43. The second-order valence-corrected chi connectivity index (χ2v) is 5.11. The monoisotopic (exact) mass is 294 g/mol. The summed E-state index contributed by atoms with van der Waals surface area (Å²) in [5, 5.41) is 0. The molecule has 3 N–H and O–H groups in total. The van der Waals surface area contributed by atoms with Crippen LogP contribution in [-0.2, 0) is 10.2 Å². The van der Waals surface area contributed by atoms with Gasteiger partial charge in [-0.3, -0.25) is 15.0 Å². The van der Waals surface area contributed by atoms with E-state index >= 15 is 0 Å². The molecule has 2 aromatic carbocycles. The zero-order valence-electron chi connectivity index (χ0n) is 12.4. The molecule has 0 aromatic heterocycles. The molecule has 0 bridgehead atoms. The van der Waals surface area contributed by atoms with Gasteiger partial charge in [0.1, 0.15) is 0 Å². The fourth-order valence-electron chi connectivity index (χ4n) is 2.43. The van der Waals surface area contributed by atoms with E-state index in [9.17, 15) is 9.59 Å². The number of carbonyl (C=O) groups is 2. The van der Waals surface area contributed by atoms with Crippen molar-refractivity contribution < 1.29 is 9.59 Å². The van der Waals surface area contributed by atoms with Crippen LogP contribution in [0.25, 0.3) is 0 Å². The number of amides is 1. The molecule has 2 rings (SSSR count). The summed E-state index contributed by atoms with van der Waals surface area (Å²) in [5.41, 5.74) is 3.39. The van der Waals surface area contributed by atoms with Gasteiger partial charge in [-0.05, 0) is 24.1 Å². The van der Waals surface area contributed by atoms with Crippen molar-refractivity contribution in [3.63, 3.8) is 0 Å². The third-order valence-electron chi connectivity index (χ3n) is 3.87. The summed E-state index contributed by atoms with van der Waals surface area (Å²) in [6.45, 7) is 5.27. The first-order chi connectivity index (χ1) is 10.5. The Kier molecular flexibility index (Phi) is 4.53. The Balaban J connectivity index is 2.53. The number of hydrogen-bond donors (Lipinski definition) is 2. The number of hydrogen-bond acceptors (Lipinski definition) is 3. The zero-order chi connectivity index (χ0) is 16.2. The van der Waals surface area contributed by atoms with Crippen LogP contribution in [0.2, 0.25) is 0 Å². The van der Waals surface area contributed by atoms with Crippen molar-refractivity contribution in [2.75, 3.05) is 0 Å². The summed E-state index contributed by atoms with van der Waals surface area (Å²) in [4.78, 5) is 24.0. The van der Waals surface area contributed by atoms with Gasteiger partial charge in [0, 0.05) is 5.56 Å². The average molecular weight is 294 g/mol. The maximum Gasteiger partial charge on any atom is 0.248 e. The zero-order valence-corrected chi connectivity index (χ0v) is 12.4. The van der Waals surface area contributed by atoms with Gasteiger partial charge in [0.05, 0.1) is 5.41 Å². The van der Waals surface area contributed by atoms with Crippen LogP contribution in [0.4, 0.5) is 0 Å². The van der Waals surface area contributed by atoms with Crippen molar-refractivity contribution in [3.05, 3.63) is 83.9 Å². The van der Waals surface area contributed by atoms with Crippen LogP contribution in [0, 0.1) is 0 Å². The van der Waals surface area contributed by atoms with Crippen molar-refractivity contribution in [2.24, 2.45) is 5.84 Å². The number of nitrogens with one attached hydrogen (secondary N) is 1. The molecule has 0 heterocycles. The highest BCUT2D eigenvalue weighted by atomic mass is 16.2. The Morgan fingerprint density at radius 3 is 2.09 bits per heavy atom. The van der Waals surface area contributed by atoms with E-state index in [1.54, 1.807) is 31.2 Å². The summed E-state index contributed by atoms with van der Waals surface area (Å²) < 4.78 is 0. The molecule has 0 radical (unpaired) electrons. The minimum atomic E-state index is -0.939. The second kappa shape index (κ2) is 6.37. The van der Waals surface area contributed by atoms with Gasteiger partial charge in [-0.2, -0.15) is 0 Å². The maximum atomic E-state index is 12.4. The number of nitrogens with two attached hydrogens (primary N) is 1. The molecule has 0 saturated heterocycles. The number of hydrazine groups is 1. The lowest BCUT2D eigenvalue weighted by atomic mass is 9.75. The van der Waals surface area contributed by atoms with Gasteiger partial charge in [-0.15, -0.1) is 0 Å². The van der Waals surface area contributed by atoms with Crippen LogP contribution < -0.4 is 11.3 Å². The van der Waals surface area contributed by atoms with E-state index in [-0.39, 0.29) is 11.7 Å². The van der Waals surface area contributed by atoms with Gasteiger partial charge in [0.25, 0.3) is 0 Å². The average Bonchev–Trinajstić information content (AvgIpc) is 2.60. The van der Waals surface area contributed by atoms with Crippen LogP contribution in [0.3, 0.4) is 0 Å². The van der Waals surface area contributed by atoms with Crippen LogP contribution in [0.1, 0.15) is 28.4 Å². The number of ketones is 1. The lowest BCUT2D eigenvalue weighted by molar-refractivity contribution is -0.124. The molecule has 0 aliphatic heterocycles. The quantitative estimate of drug-likeness (QED) is 0.292. The Labute approximate surface area is 129 Å². The third-order valence-corrected chi connectivity index (χ3v) is 3.87. The summed E-state index contributed by atoms with van der Waals surface area (Å²) in [5.74, 6) is 4.89. The SMILES string of the molecule is C=CC(=O)c1ccc(C(C)(C(=O)NN)c2ccccc2)cc1. The summed E-state index contributed by atoms with van der Waals surface area (Å²) in [7, 11) is 0. The minimum absolute atomic E-state index is 0.156. The predicted octanol–water partition coefficient (Wildman–Crippen LogP) is 2.35. The molecule has 1 atom stereocenters. The molecule has 4 nitrogen and oxygen atoms in total. The highest BCUT2D eigenvalue weighted by Crippen LogP contribution is 2.32. The Hall–Kier alpha value is -2.72. The van der Waals surface area contributed by atoms with Gasteiger partial charge in [0.2, 0.25) is 5.91 Å². The van der Waals surface area contributed by atoms with Crippen LogP contribution in [-0.4, -0.2) is 11.7 Å². The Morgan fingerprint density at radius 1 is 1.05 bits per heavy atom. The molecular weight excluding hydrogens is 276 g/mol. The first-order valence-corrected chi connectivity index (χ1v) is 6.88. The molecule has 1 amide bonds. The van der Waals surface area contributed by atoms with Crippen LogP contribution in [0.5, 0.6) is 0 Å². The highest BCUT2D eigenvalue weighted by molar-refractivity contribution is 6.04. The molecule has 0 saturated carbocycles. The van der Waals surface area contributed by atoms with Crippen molar-refractivity contribution in [1.82, 2.24) is 5.43 Å². The van der Waals surface area contributed by atoms with Gasteiger partial charge in [0.15, 0.2) is 5.78 Å². The number of rotatable bonds is 5. The molecule has 2 aromatic rings. The second-order valence-electron chi connectivity index (χ2n) is 5.11. The van der Waals surface area contributed by atoms with Gasteiger partial charge >= 0.3 is 0 Å². The van der Waals surface area contributed by atoms with Crippen molar-refractivity contribution in [1.29, 1.82) is 0 Å². The molecule has 112 valence electrons. The standard InChI is InChI=1S/C18H18N2O2/c1-3-16(21)13-9-11-15(12-10-13)18(2,17(22)20-19)14-7-5-4-6-8-14/h3-12H,1,19H2,2H3,(H,20,22). The van der Waals surface area contributed by atoms with Crippen molar-refractivity contribution in [3.8, 4) is 0 Å². The number of benzene rings is 2. The van der Waals surface area contributed by atoms with E-state index in [4.69, 9.17) is 5.84 Å². The largest absolute Gasteiger partial charge is 0.293 e. The van der Waals surface area contributed by atoms with Crippen molar-refractivity contribution >= 4 is 11.7 Å². The van der Waals surface area contributed by atoms with Gasteiger partial charge < -0.3 is 0 Å². The van der Waals surface area contributed by atoms with E-state index in [1.807, 2.05) is 30.3 Å². The topological polar surface area (TPSA) is 72.2 Å². The van der Waals surface area contributed by atoms with E-state index in [0.717, 1.165) is 11.1 Å². The minimum Gasteiger partial charge on any atom is -0.293 e.